The summed E-state index contributed by atoms with van der Waals surface area (Å²) < 4.78 is 47.6. The summed E-state index contributed by atoms with van der Waals surface area (Å²) in [6.07, 6.45) is 5.49. The summed E-state index contributed by atoms with van der Waals surface area (Å²) in [5, 5.41) is 0. The Hall–Kier alpha value is -4.01. The number of benzene rings is 2. The Morgan fingerprint density at radius 3 is 2.40 bits per heavy atom. The Balaban J connectivity index is 1.56. The number of carbonyl (C=O) groups is 2. The molecule has 0 atom stereocenters. The van der Waals surface area contributed by atoms with Gasteiger partial charge in [0.25, 0.3) is 0 Å². The first-order valence-electron chi connectivity index (χ1n) is 13.7. The summed E-state index contributed by atoms with van der Waals surface area (Å²) >= 11 is 0. The van der Waals surface area contributed by atoms with E-state index in [0.29, 0.717) is 24.3 Å². The van der Waals surface area contributed by atoms with Gasteiger partial charge in [-0.2, -0.15) is 0 Å². The number of halogens is 2. The van der Waals surface area contributed by atoms with Crippen molar-refractivity contribution in [2.24, 2.45) is 0 Å². The van der Waals surface area contributed by atoms with Gasteiger partial charge in [-0.15, -0.1) is 0 Å². The molecule has 0 N–H and O–H groups in total. The van der Waals surface area contributed by atoms with Gasteiger partial charge in [0.2, 0.25) is 5.88 Å². The maximum absolute atomic E-state index is 15.6. The van der Waals surface area contributed by atoms with Crippen molar-refractivity contribution in [1.82, 2.24) is 4.98 Å². The minimum Gasteiger partial charge on any atom is -0.474 e. The summed E-state index contributed by atoms with van der Waals surface area (Å²) in [5.41, 5.74) is 0.937. The van der Waals surface area contributed by atoms with Gasteiger partial charge in [-0.1, -0.05) is 30.3 Å². The van der Waals surface area contributed by atoms with E-state index in [0.717, 1.165) is 36.1 Å². The molecular weight excluding hydrogens is 518 g/mol. The van der Waals surface area contributed by atoms with Gasteiger partial charge in [0, 0.05) is 24.7 Å². The maximum atomic E-state index is 15.6. The number of amides is 1. The smallest absolute Gasteiger partial charge is 0.414 e. The van der Waals surface area contributed by atoms with Crippen LogP contribution < -0.4 is 9.64 Å². The van der Waals surface area contributed by atoms with Crippen LogP contribution in [-0.2, 0) is 20.9 Å². The third-order valence-electron chi connectivity index (χ3n) is 6.69. The lowest BCUT2D eigenvalue weighted by atomic mass is 10.1. The first-order chi connectivity index (χ1) is 19.5. The Morgan fingerprint density at radius 1 is 0.975 bits per heavy atom. The molecule has 4 rings (SSSR count). The molecule has 9 heteroatoms. The molecule has 0 aliphatic heterocycles. The van der Waals surface area contributed by atoms with Crippen LogP contribution in [0.5, 0.6) is 5.88 Å². The van der Waals surface area contributed by atoms with Crippen molar-refractivity contribution < 1.29 is 32.6 Å². The van der Waals surface area contributed by atoms with Gasteiger partial charge in [-0.25, -0.2) is 18.6 Å². The molecule has 1 fully saturated rings. The number of hydrogen-bond acceptors (Lipinski definition) is 6. The van der Waals surface area contributed by atoms with Crippen LogP contribution >= 0.6 is 0 Å². The minimum atomic E-state index is -0.923. The molecule has 0 spiro atoms. The molecule has 212 valence electrons. The minimum absolute atomic E-state index is 0.0205. The highest BCUT2D eigenvalue weighted by molar-refractivity contribution is 5.88. The zero-order chi connectivity index (χ0) is 28.3. The first kappa shape index (κ1) is 29.0. The summed E-state index contributed by atoms with van der Waals surface area (Å²) in [6, 6.07) is 14.7. The number of carbonyl (C=O) groups excluding carboxylic acids is 2. The average Bonchev–Trinajstić information content (AvgIpc) is 3.46. The normalized spacial score (nSPS) is 13.2. The number of hydrogen-bond donors (Lipinski definition) is 0. The molecule has 0 radical (unpaired) electrons. The van der Waals surface area contributed by atoms with Gasteiger partial charge < -0.3 is 14.2 Å². The van der Waals surface area contributed by atoms with E-state index in [1.165, 1.54) is 12.1 Å². The highest BCUT2D eigenvalue weighted by atomic mass is 19.1. The monoisotopic (exact) mass is 552 g/mol. The van der Waals surface area contributed by atoms with E-state index in [4.69, 9.17) is 14.2 Å². The van der Waals surface area contributed by atoms with Crippen molar-refractivity contribution in [2.45, 2.75) is 64.6 Å². The Labute approximate surface area is 233 Å². The van der Waals surface area contributed by atoms with E-state index < -0.39 is 23.4 Å². The van der Waals surface area contributed by atoms with Crippen molar-refractivity contribution in [3.63, 3.8) is 0 Å². The number of ether oxygens (including phenoxy) is 3. The molecule has 0 unspecified atom stereocenters. The van der Waals surface area contributed by atoms with E-state index in [9.17, 15) is 9.59 Å². The highest BCUT2D eigenvalue weighted by Gasteiger charge is 2.26. The summed E-state index contributed by atoms with van der Waals surface area (Å²) in [7, 11) is 0. The predicted molar refractivity (Wildman–Crippen MR) is 147 cm³/mol. The topological polar surface area (TPSA) is 78.0 Å². The van der Waals surface area contributed by atoms with Crippen LogP contribution in [0.4, 0.5) is 19.3 Å². The van der Waals surface area contributed by atoms with E-state index in [1.54, 1.807) is 49.5 Å². The standard InChI is InChI=1S/C31H34F2N2O5/c1-2-38-28(36)16-8-9-18-35(31(37)39-21-22-11-4-3-5-12-22)29-26(32)19-23(20-27(29)33)25-15-10-17-34-30(25)40-24-13-6-7-14-24/h3-5,10-12,15,17,19-20,24H,2,6-9,13-14,16,18,21H2,1H3. The largest absolute Gasteiger partial charge is 0.474 e. The third-order valence-corrected chi connectivity index (χ3v) is 6.69. The highest BCUT2D eigenvalue weighted by Crippen LogP contribution is 2.35. The summed E-state index contributed by atoms with van der Waals surface area (Å²) in [4.78, 5) is 30.1. The Bertz CT molecular complexity index is 1260. The Morgan fingerprint density at radius 2 is 1.70 bits per heavy atom. The maximum Gasteiger partial charge on any atom is 0.414 e. The second-order valence-corrected chi connectivity index (χ2v) is 9.62. The number of anilines is 1. The molecule has 7 nitrogen and oxygen atoms in total. The molecule has 0 bridgehead atoms. The second-order valence-electron chi connectivity index (χ2n) is 9.62. The molecule has 1 saturated carbocycles. The zero-order valence-electron chi connectivity index (χ0n) is 22.6. The van der Waals surface area contributed by atoms with E-state index >= 15 is 8.78 Å². The van der Waals surface area contributed by atoms with E-state index in [2.05, 4.69) is 4.98 Å². The van der Waals surface area contributed by atoms with E-state index in [-0.39, 0.29) is 43.8 Å². The third kappa shape index (κ3) is 7.77. The average molecular weight is 553 g/mol. The number of unbranched alkanes of at least 4 members (excludes halogenated alkanes) is 1. The number of aromatic nitrogens is 1. The van der Waals surface area contributed by atoms with Crippen LogP contribution in [0.3, 0.4) is 0 Å². The molecule has 1 heterocycles. The molecule has 0 saturated heterocycles. The van der Waals surface area contributed by atoms with E-state index in [1.807, 2.05) is 6.07 Å². The van der Waals surface area contributed by atoms with Crippen LogP contribution in [0.15, 0.2) is 60.8 Å². The van der Waals surface area contributed by atoms with Crippen molar-refractivity contribution >= 4 is 17.7 Å². The first-order valence-corrected chi connectivity index (χ1v) is 13.7. The summed E-state index contributed by atoms with van der Waals surface area (Å²) in [5.74, 6) is -1.89. The van der Waals surface area contributed by atoms with Gasteiger partial charge in [-0.05, 0) is 80.8 Å². The van der Waals surface area contributed by atoms with Crippen LogP contribution in [0.2, 0.25) is 0 Å². The molecule has 3 aromatic rings. The van der Waals surface area contributed by atoms with Gasteiger partial charge in [0.1, 0.15) is 18.4 Å². The van der Waals surface area contributed by atoms with Gasteiger partial charge in [0.05, 0.1) is 6.61 Å². The number of rotatable bonds is 12. The lowest BCUT2D eigenvalue weighted by Gasteiger charge is -2.24. The fraction of sp³-hybridized carbons (Fsp3) is 0.387. The molecule has 1 aliphatic rings. The van der Waals surface area contributed by atoms with Gasteiger partial charge in [-0.3, -0.25) is 9.69 Å². The van der Waals surface area contributed by atoms with Crippen LogP contribution in [-0.4, -0.2) is 36.3 Å². The van der Waals surface area contributed by atoms with Gasteiger partial charge in [0.15, 0.2) is 11.6 Å². The summed E-state index contributed by atoms with van der Waals surface area (Å²) in [6.45, 7) is 1.87. The van der Waals surface area contributed by atoms with Crippen LogP contribution in [0, 0.1) is 11.6 Å². The lowest BCUT2D eigenvalue weighted by Crippen LogP contribution is -2.34. The lowest BCUT2D eigenvalue weighted by molar-refractivity contribution is -0.143. The molecular formula is C31H34F2N2O5. The predicted octanol–water partition coefficient (Wildman–Crippen LogP) is 7.22. The second kappa shape index (κ2) is 14.4. The number of nitrogens with zero attached hydrogens (tertiary/aromatic N) is 2. The molecule has 40 heavy (non-hydrogen) atoms. The van der Waals surface area contributed by atoms with Gasteiger partial charge >= 0.3 is 12.1 Å². The van der Waals surface area contributed by atoms with Crippen LogP contribution in [0.1, 0.15) is 57.4 Å². The van der Waals surface area contributed by atoms with Crippen molar-refractivity contribution in [2.75, 3.05) is 18.1 Å². The quantitative estimate of drug-likeness (QED) is 0.174. The molecule has 1 amide bonds. The molecule has 2 aromatic carbocycles. The Kier molecular flexibility index (Phi) is 10.4. The van der Waals surface area contributed by atoms with Crippen molar-refractivity contribution in [1.29, 1.82) is 0 Å². The number of esters is 1. The van der Waals surface area contributed by atoms with Crippen LogP contribution in [0.25, 0.3) is 11.1 Å². The van der Waals surface area contributed by atoms with Crippen molar-refractivity contribution in [3.8, 4) is 17.0 Å². The zero-order valence-corrected chi connectivity index (χ0v) is 22.6. The fourth-order valence-corrected chi connectivity index (χ4v) is 4.71. The fourth-order valence-electron chi connectivity index (χ4n) is 4.71. The van der Waals surface area contributed by atoms with Crippen molar-refractivity contribution in [3.05, 3.63) is 78.0 Å². The number of pyridine rings is 1. The SMILES string of the molecule is CCOC(=O)CCCCN(C(=O)OCc1ccccc1)c1c(F)cc(-c2cccnc2OC2CCCC2)cc1F. The molecule has 1 aliphatic carbocycles. The molecule has 1 aromatic heterocycles.